The molecule has 0 aliphatic heterocycles. The number of hydrogen-bond donors (Lipinski definition) is 2. The number of carbonyl (C=O) groups excluding carboxylic acids is 2. The lowest BCUT2D eigenvalue weighted by Gasteiger charge is -2.15. The first-order valence-electron chi connectivity index (χ1n) is 7.03. The zero-order valence-electron chi connectivity index (χ0n) is 12.2. The number of halogens is 2. The molecule has 0 atom stereocenters. The van der Waals surface area contributed by atoms with Crippen LogP contribution >= 0.6 is 11.6 Å². The van der Waals surface area contributed by atoms with E-state index in [1.54, 1.807) is 7.11 Å². The summed E-state index contributed by atoms with van der Waals surface area (Å²) in [6, 6.07) is 3.90. The lowest BCUT2D eigenvalue weighted by molar-refractivity contribution is -0.134. The van der Waals surface area contributed by atoms with Crippen LogP contribution in [0.3, 0.4) is 0 Å². The van der Waals surface area contributed by atoms with Gasteiger partial charge in [-0.3, -0.25) is 9.59 Å². The fourth-order valence-electron chi connectivity index (χ4n) is 2.09. The summed E-state index contributed by atoms with van der Waals surface area (Å²) in [6.45, 7) is 1.01. The van der Waals surface area contributed by atoms with Crippen LogP contribution in [0.15, 0.2) is 18.2 Å². The molecule has 1 saturated carbocycles. The average Bonchev–Trinajstić information content (AvgIpc) is 3.29. The van der Waals surface area contributed by atoms with Gasteiger partial charge >= 0.3 is 0 Å². The van der Waals surface area contributed by atoms with Gasteiger partial charge in [0.05, 0.1) is 5.02 Å². The summed E-state index contributed by atoms with van der Waals surface area (Å²) >= 11 is 5.67. The van der Waals surface area contributed by atoms with E-state index >= 15 is 0 Å². The van der Waals surface area contributed by atoms with Crippen LogP contribution in [-0.2, 0) is 14.3 Å². The molecule has 0 saturated heterocycles. The maximum Gasteiger partial charge on any atom is 0.240 e. The molecule has 7 heteroatoms. The van der Waals surface area contributed by atoms with Crippen molar-refractivity contribution in [2.75, 3.05) is 25.6 Å². The van der Waals surface area contributed by atoms with Crippen LogP contribution in [0.5, 0.6) is 0 Å². The third-order valence-corrected chi connectivity index (χ3v) is 3.90. The van der Waals surface area contributed by atoms with Crippen LogP contribution in [0.25, 0.3) is 0 Å². The van der Waals surface area contributed by atoms with E-state index in [0.717, 1.165) is 0 Å². The van der Waals surface area contributed by atoms with Crippen LogP contribution in [0.2, 0.25) is 5.02 Å². The molecule has 1 fully saturated rings. The maximum absolute atomic E-state index is 13.1. The summed E-state index contributed by atoms with van der Waals surface area (Å²) in [6.07, 6.45) is 1.70. The van der Waals surface area contributed by atoms with Crippen molar-refractivity contribution in [2.24, 2.45) is 5.41 Å². The Morgan fingerprint density at radius 2 is 2.09 bits per heavy atom. The van der Waals surface area contributed by atoms with Gasteiger partial charge in [-0.15, -0.1) is 0 Å². The van der Waals surface area contributed by atoms with Crippen LogP contribution in [0.4, 0.5) is 10.1 Å². The molecule has 0 unspecified atom stereocenters. The van der Waals surface area contributed by atoms with Crippen molar-refractivity contribution in [3.05, 3.63) is 29.0 Å². The fourth-order valence-corrected chi connectivity index (χ4v) is 2.28. The van der Waals surface area contributed by atoms with E-state index in [4.69, 9.17) is 16.3 Å². The third-order valence-electron chi connectivity index (χ3n) is 3.61. The van der Waals surface area contributed by atoms with Crippen LogP contribution < -0.4 is 10.6 Å². The zero-order valence-corrected chi connectivity index (χ0v) is 13.0. The summed E-state index contributed by atoms with van der Waals surface area (Å²) in [5.74, 6) is -1.23. The molecule has 2 N–H and O–H groups in total. The van der Waals surface area contributed by atoms with Gasteiger partial charge in [-0.1, -0.05) is 11.6 Å². The summed E-state index contributed by atoms with van der Waals surface area (Å²) in [4.78, 5) is 24.4. The molecular weight excluding hydrogens is 311 g/mol. The van der Waals surface area contributed by atoms with Crippen molar-refractivity contribution >= 4 is 29.1 Å². The van der Waals surface area contributed by atoms with Gasteiger partial charge < -0.3 is 15.4 Å². The second kappa shape index (κ2) is 7.07. The number of ether oxygens (including phenoxy) is 1. The molecule has 1 aliphatic rings. The minimum Gasteiger partial charge on any atom is -0.385 e. The Balaban J connectivity index is 1.93. The van der Waals surface area contributed by atoms with Gasteiger partial charge in [0.1, 0.15) is 11.2 Å². The quantitative estimate of drug-likeness (QED) is 0.596. The van der Waals surface area contributed by atoms with Crippen molar-refractivity contribution in [3.8, 4) is 0 Å². The van der Waals surface area contributed by atoms with Crippen molar-refractivity contribution in [1.29, 1.82) is 0 Å². The van der Waals surface area contributed by atoms with Crippen molar-refractivity contribution in [3.63, 3.8) is 0 Å². The molecular formula is C15H18ClFN2O3. The number of hydrogen-bond acceptors (Lipinski definition) is 3. The Morgan fingerprint density at radius 1 is 1.36 bits per heavy atom. The monoisotopic (exact) mass is 328 g/mol. The normalized spacial score (nSPS) is 15.2. The lowest BCUT2D eigenvalue weighted by atomic mass is 10.0. The van der Waals surface area contributed by atoms with Crippen molar-refractivity contribution in [1.82, 2.24) is 5.32 Å². The second-order valence-corrected chi connectivity index (χ2v) is 5.67. The Morgan fingerprint density at radius 3 is 2.68 bits per heavy atom. The Labute approximate surface area is 133 Å². The predicted molar refractivity (Wildman–Crippen MR) is 81.2 cm³/mol. The van der Waals surface area contributed by atoms with E-state index in [9.17, 15) is 14.0 Å². The molecule has 0 radical (unpaired) electrons. The van der Waals surface area contributed by atoms with Crippen LogP contribution in [-0.4, -0.2) is 32.1 Å². The van der Waals surface area contributed by atoms with Gasteiger partial charge in [0.25, 0.3) is 0 Å². The topological polar surface area (TPSA) is 67.4 Å². The summed E-state index contributed by atoms with van der Waals surface area (Å²) in [5, 5.41) is 5.28. The van der Waals surface area contributed by atoms with E-state index < -0.39 is 11.2 Å². The lowest BCUT2D eigenvalue weighted by Crippen LogP contribution is -2.40. The Kier molecular flexibility index (Phi) is 5.37. The highest BCUT2D eigenvalue weighted by molar-refractivity contribution is 6.31. The number of nitrogens with one attached hydrogen (secondary N) is 2. The summed E-state index contributed by atoms with van der Waals surface area (Å²) in [7, 11) is 1.59. The van der Waals surface area contributed by atoms with E-state index in [-0.39, 0.29) is 16.8 Å². The standard InChI is InChI=1S/C15H18ClFN2O3/c1-22-8-2-7-18-13(20)15(5-6-15)14(21)19-10-3-4-12(17)11(16)9-10/h3-4,9H,2,5-8H2,1H3,(H,18,20)(H,19,21). The number of rotatable bonds is 7. The molecule has 1 aromatic rings. The van der Waals surface area contributed by atoms with Gasteiger partial charge in [0.15, 0.2) is 0 Å². The number of anilines is 1. The van der Waals surface area contributed by atoms with Crippen molar-refractivity contribution < 1.29 is 18.7 Å². The molecule has 1 aliphatic carbocycles. The van der Waals surface area contributed by atoms with Gasteiger partial charge in [-0.05, 0) is 37.5 Å². The molecule has 2 amide bonds. The first-order chi connectivity index (χ1) is 10.5. The molecule has 5 nitrogen and oxygen atoms in total. The van der Waals surface area contributed by atoms with E-state index in [1.807, 2.05) is 0 Å². The first kappa shape index (κ1) is 16.7. The molecule has 22 heavy (non-hydrogen) atoms. The largest absolute Gasteiger partial charge is 0.385 e. The fraction of sp³-hybridized carbons (Fsp3) is 0.467. The molecule has 2 rings (SSSR count). The average molecular weight is 329 g/mol. The molecule has 1 aromatic carbocycles. The Bertz CT molecular complexity index is 576. The molecule has 0 spiro atoms. The zero-order chi connectivity index (χ0) is 16.2. The number of benzene rings is 1. The van der Waals surface area contributed by atoms with Gasteiger partial charge in [-0.2, -0.15) is 0 Å². The highest BCUT2D eigenvalue weighted by Crippen LogP contribution is 2.46. The van der Waals surface area contributed by atoms with Gasteiger partial charge in [0.2, 0.25) is 11.8 Å². The van der Waals surface area contributed by atoms with Gasteiger partial charge in [-0.25, -0.2) is 4.39 Å². The van der Waals surface area contributed by atoms with E-state index in [1.165, 1.54) is 18.2 Å². The maximum atomic E-state index is 13.1. The highest BCUT2D eigenvalue weighted by Gasteiger charge is 2.56. The highest BCUT2D eigenvalue weighted by atomic mass is 35.5. The summed E-state index contributed by atoms with van der Waals surface area (Å²) in [5.41, 5.74) is -0.650. The van der Waals surface area contributed by atoms with Crippen molar-refractivity contribution in [2.45, 2.75) is 19.3 Å². The number of methoxy groups -OCH3 is 1. The first-order valence-corrected chi connectivity index (χ1v) is 7.41. The Hall–Kier alpha value is -1.66. The SMILES string of the molecule is COCCCNC(=O)C1(C(=O)Nc2ccc(F)c(Cl)c2)CC1. The van der Waals surface area contributed by atoms with E-state index in [2.05, 4.69) is 10.6 Å². The predicted octanol–water partition coefficient (Wildman–Crippen LogP) is 2.35. The van der Waals surface area contributed by atoms with Crippen LogP contribution in [0.1, 0.15) is 19.3 Å². The minimum absolute atomic E-state index is 0.0772. The second-order valence-electron chi connectivity index (χ2n) is 5.27. The molecule has 120 valence electrons. The third kappa shape index (κ3) is 3.75. The van der Waals surface area contributed by atoms with Crippen LogP contribution in [0, 0.1) is 11.2 Å². The van der Waals surface area contributed by atoms with Gasteiger partial charge in [0, 0.05) is 25.9 Å². The molecule has 0 heterocycles. The number of amides is 2. The summed E-state index contributed by atoms with van der Waals surface area (Å²) < 4.78 is 18.0. The molecule has 0 bridgehead atoms. The smallest absolute Gasteiger partial charge is 0.240 e. The number of carbonyl (C=O) groups is 2. The van der Waals surface area contributed by atoms with E-state index in [0.29, 0.717) is 38.1 Å². The minimum atomic E-state index is -1.02. The molecule has 0 aromatic heterocycles.